The lowest BCUT2D eigenvalue weighted by Crippen LogP contribution is -2.17. The second-order valence-corrected chi connectivity index (χ2v) is 6.21. The number of methoxy groups -OCH3 is 1. The molecule has 3 rings (SSSR count). The first-order valence-electron chi connectivity index (χ1n) is 9.48. The van der Waals surface area contributed by atoms with Gasteiger partial charge < -0.3 is 14.2 Å². The molecule has 0 unspecified atom stereocenters. The van der Waals surface area contributed by atoms with Gasteiger partial charge in [-0.25, -0.2) is 5.43 Å². The van der Waals surface area contributed by atoms with Gasteiger partial charge in [-0.05, 0) is 42.0 Å². The third-order valence-electron chi connectivity index (χ3n) is 4.06. The number of para-hydroxylation sites is 2. The van der Waals surface area contributed by atoms with E-state index in [1.807, 2.05) is 48.5 Å². The Morgan fingerprint density at radius 3 is 2.57 bits per heavy atom. The molecule has 7 heteroatoms. The van der Waals surface area contributed by atoms with Gasteiger partial charge in [-0.15, -0.1) is 0 Å². The highest BCUT2D eigenvalue weighted by Crippen LogP contribution is 2.25. The van der Waals surface area contributed by atoms with E-state index >= 15 is 0 Å². The van der Waals surface area contributed by atoms with Gasteiger partial charge in [0, 0.05) is 24.4 Å². The Labute approximate surface area is 175 Å². The molecule has 1 aromatic heterocycles. The van der Waals surface area contributed by atoms with Crippen LogP contribution in [-0.4, -0.2) is 37.4 Å². The molecule has 3 aromatic rings. The molecule has 0 bridgehead atoms. The average molecular weight is 405 g/mol. The summed E-state index contributed by atoms with van der Waals surface area (Å²) in [5, 5.41) is 3.99. The Kier molecular flexibility index (Phi) is 7.79. The number of amides is 1. The first kappa shape index (κ1) is 20.9. The predicted octanol–water partition coefficient (Wildman–Crippen LogP) is 3.70. The third kappa shape index (κ3) is 6.34. The summed E-state index contributed by atoms with van der Waals surface area (Å²) in [4.78, 5) is 15.8. The number of pyridine rings is 1. The van der Waals surface area contributed by atoms with Crippen molar-refractivity contribution in [2.75, 3.05) is 20.3 Å². The van der Waals surface area contributed by atoms with Gasteiger partial charge in [0.05, 0.1) is 26.5 Å². The van der Waals surface area contributed by atoms with Crippen LogP contribution < -0.4 is 19.6 Å². The first-order chi connectivity index (χ1) is 14.8. The molecule has 0 saturated carbocycles. The summed E-state index contributed by atoms with van der Waals surface area (Å²) in [7, 11) is 1.62. The minimum absolute atomic E-state index is 0.295. The summed E-state index contributed by atoms with van der Waals surface area (Å²) in [6.45, 7) is 1.02. The molecular weight excluding hydrogens is 382 g/mol. The minimum Gasteiger partial charge on any atom is -0.493 e. The van der Waals surface area contributed by atoms with Crippen LogP contribution in [0.4, 0.5) is 0 Å². The molecule has 0 fully saturated rings. The van der Waals surface area contributed by atoms with Crippen molar-refractivity contribution in [1.82, 2.24) is 10.4 Å². The number of nitrogens with one attached hydrogen (secondary N) is 1. The molecule has 0 saturated heterocycles. The highest BCUT2D eigenvalue weighted by Gasteiger charge is 2.03. The smallest absolute Gasteiger partial charge is 0.271 e. The molecule has 154 valence electrons. The summed E-state index contributed by atoms with van der Waals surface area (Å²) >= 11 is 0. The lowest BCUT2D eigenvalue weighted by Gasteiger charge is -2.11. The van der Waals surface area contributed by atoms with Crippen molar-refractivity contribution >= 4 is 12.1 Å². The molecule has 1 amide bonds. The van der Waals surface area contributed by atoms with Crippen LogP contribution in [0.3, 0.4) is 0 Å². The lowest BCUT2D eigenvalue weighted by atomic mass is 10.2. The van der Waals surface area contributed by atoms with Crippen molar-refractivity contribution in [2.45, 2.75) is 6.42 Å². The predicted molar refractivity (Wildman–Crippen MR) is 114 cm³/mol. The van der Waals surface area contributed by atoms with Gasteiger partial charge in [-0.2, -0.15) is 5.10 Å². The highest BCUT2D eigenvalue weighted by molar-refractivity contribution is 5.94. The molecule has 0 spiro atoms. The standard InChI is InChI=1S/C23H23N3O4/c1-28-21-8-2-3-9-22(21)30-15-5-14-29-20-7-4-6-18(16-20)17-25-26-23(27)19-10-12-24-13-11-19/h2-4,6-13,16-17H,5,14-15H2,1H3,(H,26,27). The Morgan fingerprint density at radius 2 is 1.77 bits per heavy atom. The zero-order chi connectivity index (χ0) is 21.0. The number of aromatic nitrogens is 1. The van der Waals surface area contributed by atoms with Crippen LogP contribution in [-0.2, 0) is 0 Å². The monoisotopic (exact) mass is 405 g/mol. The van der Waals surface area contributed by atoms with Gasteiger partial charge in [0.1, 0.15) is 5.75 Å². The number of benzene rings is 2. The van der Waals surface area contributed by atoms with E-state index in [4.69, 9.17) is 14.2 Å². The normalized spacial score (nSPS) is 10.6. The van der Waals surface area contributed by atoms with Gasteiger partial charge >= 0.3 is 0 Å². The topological polar surface area (TPSA) is 82.0 Å². The molecule has 0 aliphatic carbocycles. The Balaban J connectivity index is 1.42. The molecule has 0 aliphatic heterocycles. The lowest BCUT2D eigenvalue weighted by molar-refractivity contribution is 0.0955. The third-order valence-corrected chi connectivity index (χ3v) is 4.06. The number of carbonyl (C=O) groups is 1. The molecule has 0 aliphatic rings. The summed E-state index contributed by atoms with van der Waals surface area (Å²) in [6, 6.07) is 18.2. The summed E-state index contributed by atoms with van der Waals surface area (Å²) in [5.41, 5.74) is 3.79. The van der Waals surface area contributed by atoms with E-state index in [1.165, 1.54) is 0 Å². The molecule has 2 aromatic carbocycles. The van der Waals surface area contributed by atoms with Gasteiger partial charge in [0.2, 0.25) is 0 Å². The maximum Gasteiger partial charge on any atom is 0.271 e. The van der Waals surface area contributed by atoms with Crippen molar-refractivity contribution in [3.05, 3.63) is 84.2 Å². The number of ether oxygens (including phenoxy) is 3. The van der Waals surface area contributed by atoms with E-state index in [2.05, 4.69) is 15.5 Å². The molecule has 1 N–H and O–H groups in total. The zero-order valence-corrected chi connectivity index (χ0v) is 16.7. The van der Waals surface area contributed by atoms with Crippen molar-refractivity contribution in [2.24, 2.45) is 5.10 Å². The van der Waals surface area contributed by atoms with E-state index in [0.717, 1.165) is 17.7 Å². The largest absolute Gasteiger partial charge is 0.493 e. The number of hydrogen-bond donors (Lipinski definition) is 1. The molecule has 7 nitrogen and oxygen atoms in total. The Morgan fingerprint density at radius 1 is 1.00 bits per heavy atom. The Hall–Kier alpha value is -3.87. The van der Waals surface area contributed by atoms with E-state index in [9.17, 15) is 4.79 Å². The molecule has 30 heavy (non-hydrogen) atoms. The fraction of sp³-hybridized carbons (Fsp3) is 0.174. The molecule has 0 radical (unpaired) electrons. The number of hydrazone groups is 1. The van der Waals surface area contributed by atoms with Gasteiger partial charge in [-0.1, -0.05) is 24.3 Å². The number of rotatable bonds is 10. The van der Waals surface area contributed by atoms with E-state index in [0.29, 0.717) is 30.3 Å². The molecule has 1 heterocycles. The van der Waals surface area contributed by atoms with E-state index in [1.54, 1.807) is 37.9 Å². The maximum absolute atomic E-state index is 12.0. The minimum atomic E-state index is -0.295. The van der Waals surface area contributed by atoms with E-state index < -0.39 is 0 Å². The summed E-state index contributed by atoms with van der Waals surface area (Å²) in [5.74, 6) is 1.85. The highest BCUT2D eigenvalue weighted by atomic mass is 16.5. The maximum atomic E-state index is 12.0. The fourth-order valence-corrected chi connectivity index (χ4v) is 2.59. The average Bonchev–Trinajstić information content (AvgIpc) is 2.80. The molecular formula is C23H23N3O4. The van der Waals surface area contributed by atoms with Gasteiger partial charge in [-0.3, -0.25) is 9.78 Å². The number of hydrogen-bond acceptors (Lipinski definition) is 6. The first-order valence-corrected chi connectivity index (χ1v) is 9.48. The summed E-state index contributed by atoms with van der Waals surface area (Å²) < 4.78 is 16.8. The number of nitrogens with zero attached hydrogens (tertiary/aromatic N) is 2. The quantitative estimate of drug-likeness (QED) is 0.316. The van der Waals surface area contributed by atoms with Crippen LogP contribution in [0.5, 0.6) is 17.2 Å². The van der Waals surface area contributed by atoms with Gasteiger partial charge in [0.25, 0.3) is 5.91 Å². The SMILES string of the molecule is COc1ccccc1OCCCOc1cccc(C=NNC(=O)c2ccncc2)c1. The second-order valence-electron chi connectivity index (χ2n) is 6.21. The summed E-state index contributed by atoms with van der Waals surface area (Å²) in [6.07, 6.45) is 5.40. The van der Waals surface area contributed by atoms with Crippen LogP contribution in [0.1, 0.15) is 22.3 Å². The Bertz CT molecular complexity index is 977. The van der Waals surface area contributed by atoms with Crippen LogP contribution in [0.15, 0.2) is 78.2 Å². The van der Waals surface area contributed by atoms with Crippen LogP contribution >= 0.6 is 0 Å². The fourth-order valence-electron chi connectivity index (χ4n) is 2.59. The zero-order valence-electron chi connectivity index (χ0n) is 16.7. The van der Waals surface area contributed by atoms with Crippen molar-refractivity contribution in [3.8, 4) is 17.2 Å². The van der Waals surface area contributed by atoms with Crippen LogP contribution in [0.2, 0.25) is 0 Å². The number of carbonyl (C=O) groups excluding carboxylic acids is 1. The van der Waals surface area contributed by atoms with Crippen molar-refractivity contribution in [1.29, 1.82) is 0 Å². The van der Waals surface area contributed by atoms with Gasteiger partial charge in [0.15, 0.2) is 11.5 Å². The van der Waals surface area contributed by atoms with E-state index in [-0.39, 0.29) is 5.91 Å². The van der Waals surface area contributed by atoms with Crippen LogP contribution in [0, 0.1) is 0 Å². The van der Waals surface area contributed by atoms with Crippen LogP contribution in [0.25, 0.3) is 0 Å². The van der Waals surface area contributed by atoms with Crippen molar-refractivity contribution < 1.29 is 19.0 Å². The molecule has 0 atom stereocenters. The second kappa shape index (κ2) is 11.2. The van der Waals surface area contributed by atoms with Crippen molar-refractivity contribution in [3.63, 3.8) is 0 Å².